The molecule has 2 aromatic carbocycles. The Labute approximate surface area is 147 Å². The Balaban J connectivity index is 1.85. The summed E-state index contributed by atoms with van der Waals surface area (Å²) in [6.45, 7) is 7.40. The summed E-state index contributed by atoms with van der Waals surface area (Å²) in [7, 11) is 0. The molecule has 5 heteroatoms. The van der Waals surface area contributed by atoms with Crippen LogP contribution in [0.5, 0.6) is 5.75 Å². The molecule has 0 radical (unpaired) electrons. The SMILES string of the molecule is Cc1cc2nc(C(C)N)n(CCOc3ccc(Cl)cc3)c2cc1C. The molecule has 0 aliphatic heterocycles. The van der Waals surface area contributed by atoms with E-state index in [0.29, 0.717) is 18.2 Å². The van der Waals surface area contributed by atoms with E-state index in [-0.39, 0.29) is 6.04 Å². The number of imidazole rings is 1. The number of hydrogen-bond acceptors (Lipinski definition) is 3. The molecule has 3 rings (SSSR count). The average molecular weight is 344 g/mol. The van der Waals surface area contributed by atoms with E-state index in [1.807, 2.05) is 31.2 Å². The van der Waals surface area contributed by atoms with E-state index in [1.165, 1.54) is 11.1 Å². The fourth-order valence-electron chi connectivity index (χ4n) is 2.77. The van der Waals surface area contributed by atoms with Crippen molar-refractivity contribution in [1.29, 1.82) is 0 Å². The van der Waals surface area contributed by atoms with E-state index in [1.54, 1.807) is 0 Å². The molecular formula is C19H22ClN3O. The summed E-state index contributed by atoms with van der Waals surface area (Å²) in [6, 6.07) is 11.5. The highest BCUT2D eigenvalue weighted by Gasteiger charge is 2.15. The van der Waals surface area contributed by atoms with E-state index in [9.17, 15) is 0 Å². The summed E-state index contributed by atoms with van der Waals surface area (Å²) < 4.78 is 7.98. The molecule has 1 unspecified atom stereocenters. The largest absolute Gasteiger partial charge is 0.492 e. The molecule has 3 aromatic rings. The first-order valence-electron chi connectivity index (χ1n) is 8.07. The lowest BCUT2D eigenvalue weighted by molar-refractivity contribution is 0.297. The van der Waals surface area contributed by atoms with Gasteiger partial charge in [0.2, 0.25) is 0 Å². The van der Waals surface area contributed by atoms with Gasteiger partial charge in [-0.15, -0.1) is 0 Å². The van der Waals surface area contributed by atoms with Crippen molar-refractivity contribution in [2.75, 3.05) is 6.61 Å². The Morgan fingerprint density at radius 2 is 1.83 bits per heavy atom. The average Bonchev–Trinajstić information content (AvgIpc) is 2.88. The molecule has 0 saturated carbocycles. The quantitative estimate of drug-likeness (QED) is 0.746. The van der Waals surface area contributed by atoms with Gasteiger partial charge in [-0.05, 0) is 68.3 Å². The summed E-state index contributed by atoms with van der Waals surface area (Å²) in [5, 5.41) is 0.702. The maximum atomic E-state index is 6.12. The van der Waals surface area contributed by atoms with Crippen LogP contribution in [0.1, 0.15) is 29.9 Å². The number of halogens is 1. The van der Waals surface area contributed by atoms with Crippen LogP contribution in [-0.4, -0.2) is 16.2 Å². The number of ether oxygens (including phenoxy) is 1. The van der Waals surface area contributed by atoms with Crippen LogP contribution in [0.3, 0.4) is 0 Å². The number of rotatable bonds is 5. The lowest BCUT2D eigenvalue weighted by atomic mass is 10.1. The Morgan fingerprint density at radius 1 is 1.17 bits per heavy atom. The second-order valence-corrected chi connectivity index (χ2v) is 6.57. The van der Waals surface area contributed by atoms with Crippen LogP contribution >= 0.6 is 11.6 Å². The molecule has 126 valence electrons. The summed E-state index contributed by atoms with van der Waals surface area (Å²) in [5.41, 5.74) is 10.7. The van der Waals surface area contributed by atoms with Crippen molar-refractivity contribution in [3.05, 3.63) is 58.4 Å². The van der Waals surface area contributed by atoms with E-state index in [4.69, 9.17) is 27.1 Å². The normalized spacial score (nSPS) is 12.5. The number of fused-ring (bicyclic) bond motifs is 1. The number of benzene rings is 2. The van der Waals surface area contributed by atoms with Crippen molar-refractivity contribution in [3.8, 4) is 5.75 Å². The molecule has 0 aliphatic rings. The molecule has 0 spiro atoms. The molecule has 0 saturated heterocycles. The standard InChI is InChI=1S/C19H22ClN3O/c1-12-10-17-18(11-13(12)2)23(19(22-17)14(3)21)8-9-24-16-6-4-15(20)5-7-16/h4-7,10-11,14H,8-9,21H2,1-3H3. The molecule has 0 aliphatic carbocycles. The first-order valence-corrected chi connectivity index (χ1v) is 8.45. The fourth-order valence-corrected chi connectivity index (χ4v) is 2.89. The maximum Gasteiger partial charge on any atom is 0.126 e. The highest BCUT2D eigenvalue weighted by molar-refractivity contribution is 6.30. The van der Waals surface area contributed by atoms with Crippen LogP contribution in [0.15, 0.2) is 36.4 Å². The van der Waals surface area contributed by atoms with Crippen LogP contribution in [-0.2, 0) is 6.54 Å². The molecule has 24 heavy (non-hydrogen) atoms. The molecule has 4 nitrogen and oxygen atoms in total. The van der Waals surface area contributed by atoms with E-state index in [2.05, 4.69) is 30.5 Å². The lowest BCUT2D eigenvalue weighted by Crippen LogP contribution is -2.16. The van der Waals surface area contributed by atoms with Gasteiger partial charge in [0, 0.05) is 5.02 Å². The number of nitrogens with zero attached hydrogens (tertiary/aromatic N) is 2. The first kappa shape index (κ1) is 16.8. The number of aromatic nitrogens is 2. The molecule has 0 fully saturated rings. The molecular weight excluding hydrogens is 322 g/mol. The minimum absolute atomic E-state index is 0.131. The van der Waals surface area contributed by atoms with Gasteiger partial charge in [0.15, 0.2) is 0 Å². The fraction of sp³-hybridized carbons (Fsp3) is 0.316. The maximum absolute atomic E-state index is 6.12. The number of hydrogen-bond donors (Lipinski definition) is 1. The molecule has 1 aromatic heterocycles. The summed E-state index contributed by atoms with van der Waals surface area (Å²) in [6.07, 6.45) is 0. The Hall–Kier alpha value is -2.04. The van der Waals surface area contributed by atoms with Crippen molar-refractivity contribution < 1.29 is 4.74 Å². The zero-order valence-electron chi connectivity index (χ0n) is 14.2. The topological polar surface area (TPSA) is 53.1 Å². The zero-order chi connectivity index (χ0) is 17.3. The van der Waals surface area contributed by atoms with Gasteiger partial charge in [-0.25, -0.2) is 4.98 Å². The van der Waals surface area contributed by atoms with Gasteiger partial charge in [-0.1, -0.05) is 11.6 Å². The first-order chi connectivity index (χ1) is 11.5. The molecule has 0 amide bonds. The predicted octanol–water partition coefficient (Wildman–Crippen LogP) is 4.41. The van der Waals surface area contributed by atoms with Crippen LogP contribution < -0.4 is 10.5 Å². The van der Waals surface area contributed by atoms with Gasteiger partial charge in [-0.2, -0.15) is 0 Å². The third-order valence-electron chi connectivity index (χ3n) is 4.20. The monoisotopic (exact) mass is 343 g/mol. The molecule has 1 heterocycles. The Kier molecular flexibility index (Phi) is 4.78. The van der Waals surface area contributed by atoms with Gasteiger partial charge in [0.05, 0.1) is 23.6 Å². The van der Waals surface area contributed by atoms with E-state index < -0.39 is 0 Å². The third-order valence-corrected chi connectivity index (χ3v) is 4.45. The van der Waals surface area contributed by atoms with Gasteiger partial charge < -0.3 is 15.0 Å². The number of aryl methyl sites for hydroxylation is 2. The van der Waals surface area contributed by atoms with Gasteiger partial charge in [-0.3, -0.25) is 0 Å². The highest BCUT2D eigenvalue weighted by Crippen LogP contribution is 2.23. The van der Waals surface area contributed by atoms with E-state index in [0.717, 1.165) is 22.6 Å². The zero-order valence-corrected chi connectivity index (χ0v) is 15.0. The molecule has 2 N–H and O–H groups in total. The van der Waals surface area contributed by atoms with Crippen molar-refractivity contribution >= 4 is 22.6 Å². The van der Waals surface area contributed by atoms with Crippen molar-refractivity contribution in [2.24, 2.45) is 5.73 Å². The summed E-state index contributed by atoms with van der Waals surface area (Å²) >= 11 is 5.89. The van der Waals surface area contributed by atoms with Crippen molar-refractivity contribution in [2.45, 2.75) is 33.4 Å². The third kappa shape index (κ3) is 3.40. The highest BCUT2D eigenvalue weighted by atomic mass is 35.5. The minimum atomic E-state index is -0.131. The Morgan fingerprint density at radius 3 is 2.50 bits per heavy atom. The second kappa shape index (κ2) is 6.83. The van der Waals surface area contributed by atoms with Gasteiger partial charge in [0.25, 0.3) is 0 Å². The minimum Gasteiger partial charge on any atom is -0.492 e. The van der Waals surface area contributed by atoms with Crippen molar-refractivity contribution in [1.82, 2.24) is 9.55 Å². The van der Waals surface area contributed by atoms with Crippen LogP contribution in [0, 0.1) is 13.8 Å². The predicted molar refractivity (Wildman–Crippen MR) is 98.8 cm³/mol. The second-order valence-electron chi connectivity index (χ2n) is 6.14. The van der Waals surface area contributed by atoms with Gasteiger partial charge >= 0.3 is 0 Å². The molecule has 1 atom stereocenters. The summed E-state index contributed by atoms with van der Waals surface area (Å²) in [5.74, 6) is 1.69. The number of nitrogens with two attached hydrogens (primary N) is 1. The van der Waals surface area contributed by atoms with Gasteiger partial charge in [0.1, 0.15) is 18.2 Å². The van der Waals surface area contributed by atoms with E-state index >= 15 is 0 Å². The smallest absolute Gasteiger partial charge is 0.126 e. The lowest BCUT2D eigenvalue weighted by Gasteiger charge is -2.13. The summed E-state index contributed by atoms with van der Waals surface area (Å²) in [4.78, 5) is 4.72. The van der Waals surface area contributed by atoms with Crippen LogP contribution in [0.4, 0.5) is 0 Å². The van der Waals surface area contributed by atoms with Crippen molar-refractivity contribution in [3.63, 3.8) is 0 Å². The van der Waals surface area contributed by atoms with Crippen LogP contribution in [0.25, 0.3) is 11.0 Å². The van der Waals surface area contributed by atoms with Crippen LogP contribution in [0.2, 0.25) is 5.02 Å². The molecule has 0 bridgehead atoms. The Bertz CT molecular complexity index is 853.